The Morgan fingerprint density at radius 1 is 1.15 bits per heavy atom. The number of hydrogen-bond donors (Lipinski definition) is 1. The molecule has 1 saturated carbocycles. The number of hydrogen-bond acceptors (Lipinski definition) is 4. The maximum absolute atomic E-state index is 13.3. The molecule has 2 fully saturated rings. The van der Waals surface area contributed by atoms with Gasteiger partial charge in [-0.05, 0) is 48.7 Å². The number of benzene rings is 1. The van der Waals surface area contributed by atoms with Crippen LogP contribution in [0.15, 0.2) is 53.6 Å². The molecule has 1 aliphatic heterocycles. The van der Waals surface area contributed by atoms with Crippen LogP contribution in [0.25, 0.3) is 6.08 Å². The lowest BCUT2D eigenvalue weighted by Gasteiger charge is -2.43. The lowest BCUT2D eigenvalue weighted by molar-refractivity contribution is -0.137. The van der Waals surface area contributed by atoms with Crippen LogP contribution in [0.4, 0.5) is 13.2 Å². The van der Waals surface area contributed by atoms with Gasteiger partial charge in [0.1, 0.15) is 6.54 Å². The highest BCUT2D eigenvalue weighted by Crippen LogP contribution is 2.42. The number of alkyl halides is 3. The van der Waals surface area contributed by atoms with Crippen molar-refractivity contribution in [1.82, 2.24) is 15.2 Å². The topological polar surface area (TPSA) is 62.3 Å². The molecule has 1 aliphatic carbocycles. The van der Waals surface area contributed by atoms with Gasteiger partial charge >= 0.3 is 6.18 Å². The molecular formula is C24H24F3N3O2S. The molecule has 1 aromatic heterocycles. The summed E-state index contributed by atoms with van der Waals surface area (Å²) in [6, 6.07) is 10.2. The van der Waals surface area contributed by atoms with Crippen molar-refractivity contribution < 1.29 is 22.8 Å². The molecular weight excluding hydrogens is 451 g/mol. The number of carbonyl (C=O) groups is 2. The molecule has 5 nitrogen and oxygen atoms in total. The van der Waals surface area contributed by atoms with Gasteiger partial charge in [-0.25, -0.2) is 0 Å². The third-order valence-electron chi connectivity index (χ3n) is 5.86. The van der Waals surface area contributed by atoms with Crippen molar-refractivity contribution in [3.05, 3.63) is 70.4 Å². The van der Waals surface area contributed by atoms with Crippen molar-refractivity contribution in [2.45, 2.75) is 49.7 Å². The molecule has 2 unspecified atom stereocenters. The van der Waals surface area contributed by atoms with Crippen LogP contribution in [0.1, 0.15) is 42.5 Å². The number of fused-ring (bicyclic) bond motifs is 1. The van der Waals surface area contributed by atoms with Gasteiger partial charge in [0, 0.05) is 17.5 Å². The average Bonchev–Trinajstić information content (AvgIpc) is 2.81. The van der Waals surface area contributed by atoms with Crippen molar-refractivity contribution in [1.29, 1.82) is 0 Å². The van der Waals surface area contributed by atoms with Crippen LogP contribution in [0.2, 0.25) is 0 Å². The predicted molar refractivity (Wildman–Crippen MR) is 121 cm³/mol. The second-order valence-corrected chi connectivity index (χ2v) is 9.45. The van der Waals surface area contributed by atoms with Gasteiger partial charge in [-0.1, -0.05) is 31.0 Å². The molecule has 0 radical (unpaired) electrons. The van der Waals surface area contributed by atoms with E-state index in [0.29, 0.717) is 10.5 Å². The zero-order valence-electron chi connectivity index (χ0n) is 17.8. The molecule has 2 aromatic rings. The Balaban J connectivity index is 1.50. The first kappa shape index (κ1) is 23.4. The number of rotatable bonds is 5. The van der Waals surface area contributed by atoms with Crippen LogP contribution >= 0.6 is 11.8 Å². The maximum atomic E-state index is 13.3. The monoisotopic (exact) mass is 475 g/mol. The van der Waals surface area contributed by atoms with Crippen LogP contribution in [0, 0.1) is 0 Å². The quantitative estimate of drug-likeness (QED) is 0.640. The van der Waals surface area contributed by atoms with Crippen molar-refractivity contribution in [3.63, 3.8) is 0 Å². The Hall–Kier alpha value is -2.81. The highest BCUT2D eigenvalue weighted by Gasteiger charge is 2.41. The number of aromatic nitrogens is 1. The van der Waals surface area contributed by atoms with Crippen molar-refractivity contribution in [2.75, 3.05) is 6.54 Å². The van der Waals surface area contributed by atoms with Crippen LogP contribution in [-0.2, 0) is 22.3 Å². The third-order valence-corrected chi connectivity index (χ3v) is 7.26. The molecule has 33 heavy (non-hydrogen) atoms. The molecule has 2 aliphatic rings. The fraction of sp³-hybridized carbons (Fsp3) is 0.375. The highest BCUT2D eigenvalue weighted by molar-refractivity contribution is 8.04. The Morgan fingerprint density at radius 2 is 1.91 bits per heavy atom. The largest absolute Gasteiger partial charge is 0.416 e. The number of thioether (sulfide) groups is 1. The minimum atomic E-state index is -4.41. The van der Waals surface area contributed by atoms with Gasteiger partial charge < -0.3 is 10.2 Å². The SMILES string of the molecule is O=C(CN1C(=O)/C(=C\c2ccc(C(F)(F)F)cc2)SC2CCCCC21)NCc1ccccn1. The Morgan fingerprint density at radius 3 is 2.61 bits per heavy atom. The lowest BCUT2D eigenvalue weighted by Crippen LogP contribution is -2.54. The molecule has 2 heterocycles. The van der Waals surface area contributed by atoms with E-state index >= 15 is 0 Å². The molecule has 0 bridgehead atoms. The van der Waals surface area contributed by atoms with E-state index in [9.17, 15) is 22.8 Å². The van der Waals surface area contributed by atoms with E-state index in [1.165, 1.54) is 23.9 Å². The summed E-state index contributed by atoms with van der Waals surface area (Å²) in [5.41, 5.74) is 0.517. The van der Waals surface area contributed by atoms with E-state index in [4.69, 9.17) is 0 Å². The number of pyridine rings is 1. The Labute approximate surface area is 194 Å². The lowest BCUT2D eigenvalue weighted by atomic mass is 9.93. The molecule has 1 aromatic carbocycles. The summed E-state index contributed by atoms with van der Waals surface area (Å²) in [5, 5.41) is 2.99. The summed E-state index contributed by atoms with van der Waals surface area (Å²) < 4.78 is 38.5. The fourth-order valence-corrected chi connectivity index (χ4v) is 5.66. The van der Waals surface area contributed by atoms with Crippen LogP contribution in [-0.4, -0.2) is 39.5 Å². The van der Waals surface area contributed by atoms with Gasteiger partial charge in [-0.15, -0.1) is 11.8 Å². The summed E-state index contributed by atoms with van der Waals surface area (Å²) in [4.78, 5) is 32.2. The van der Waals surface area contributed by atoms with Gasteiger partial charge in [0.05, 0.1) is 22.7 Å². The van der Waals surface area contributed by atoms with Gasteiger partial charge in [-0.2, -0.15) is 13.2 Å². The van der Waals surface area contributed by atoms with Crippen LogP contribution in [0.3, 0.4) is 0 Å². The summed E-state index contributed by atoms with van der Waals surface area (Å²) in [7, 11) is 0. The molecule has 9 heteroatoms. The molecule has 2 atom stereocenters. The van der Waals surface area contributed by atoms with Crippen LogP contribution in [0.5, 0.6) is 0 Å². The highest BCUT2D eigenvalue weighted by atomic mass is 32.2. The molecule has 1 saturated heterocycles. The van der Waals surface area contributed by atoms with Crippen molar-refractivity contribution in [2.24, 2.45) is 0 Å². The van der Waals surface area contributed by atoms with Crippen molar-refractivity contribution >= 4 is 29.7 Å². The summed E-state index contributed by atoms with van der Waals surface area (Å²) in [5.74, 6) is -0.518. The molecule has 174 valence electrons. The van der Waals surface area contributed by atoms with Gasteiger partial charge in [0.25, 0.3) is 5.91 Å². The minimum absolute atomic E-state index is 0.0263. The number of carbonyl (C=O) groups excluding carboxylic acids is 2. The first-order valence-corrected chi connectivity index (χ1v) is 11.7. The summed E-state index contributed by atoms with van der Waals surface area (Å²) >= 11 is 1.48. The number of halogens is 3. The van der Waals surface area contributed by atoms with Gasteiger partial charge in [0.15, 0.2) is 0 Å². The standard InChI is InChI=1S/C24H24F3N3O2S/c25-24(26,27)17-10-8-16(9-11-17)13-21-23(32)30(19-6-1-2-7-20(19)33-21)15-22(31)29-14-18-5-3-4-12-28-18/h3-5,8-13,19-20H,1-2,6-7,14-15H2,(H,29,31)/b21-13+. The average molecular weight is 476 g/mol. The fourth-order valence-electron chi connectivity index (χ4n) is 4.18. The van der Waals surface area contributed by atoms with E-state index in [1.54, 1.807) is 23.2 Å². The summed E-state index contributed by atoms with van der Waals surface area (Å²) in [6.45, 7) is 0.219. The number of nitrogens with zero attached hydrogens (tertiary/aromatic N) is 2. The number of nitrogens with one attached hydrogen (secondary N) is 1. The van der Waals surface area contributed by atoms with Crippen LogP contribution < -0.4 is 5.32 Å². The maximum Gasteiger partial charge on any atom is 0.416 e. The first-order valence-electron chi connectivity index (χ1n) is 10.8. The predicted octanol–water partition coefficient (Wildman–Crippen LogP) is 4.64. The first-order chi connectivity index (χ1) is 15.8. The summed E-state index contributed by atoms with van der Waals surface area (Å²) in [6.07, 6.45) is 2.68. The van der Waals surface area contributed by atoms with E-state index in [2.05, 4.69) is 10.3 Å². The molecule has 0 spiro atoms. The normalized spacial score (nSPS) is 22.2. The Bertz CT molecular complexity index is 1030. The van der Waals surface area contributed by atoms with E-state index in [1.807, 2.05) is 12.1 Å². The second-order valence-electron chi connectivity index (χ2n) is 8.17. The second kappa shape index (κ2) is 9.99. The molecule has 2 amide bonds. The van der Waals surface area contributed by atoms with Gasteiger partial charge in [0.2, 0.25) is 5.91 Å². The number of amides is 2. The van der Waals surface area contributed by atoms with E-state index < -0.39 is 11.7 Å². The smallest absolute Gasteiger partial charge is 0.349 e. The minimum Gasteiger partial charge on any atom is -0.349 e. The van der Waals surface area contributed by atoms with Gasteiger partial charge in [-0.3, -0.25) is 14.6 Å². The molecule has 1 N–H and O–H groups in total. The Kier molecular flexibility index (Phi) is 7.07. The molecule has 4 rings (SSSR count). The third kappa shape index (κ3) is 5.76. The zero-order valence-corrected chi connectivity index (χ0v) is 18.7. The zero-order chi connectivity index (χ0) is 23.4. The van der Waals surface area contributed by atoms with E-state index in [0.717, 1.165) is 43.5 Å². The van der Waals surface area contributed by atoms with Crippen molar-refractivity contribution in [3.8, 4) is 0 Å². The van der Waals surface area contributed by atoms with E-state index in [-0.39, 0.29) is 36.2 Å².